The minimum absolute atomic E-state index is 0.0174. The van der Waals surface area contributed by atoms with Crippen molar-refractivity contribution in [3.8, 4) is 11.5 Å². The third kappa shape index (κ3) is 7.24. The molecule has 7 nitrogen and oxygen atoms in total. The highest BCUT2D eigenvalue weighted by Crippen LogP contribution is 2.32. The average molecular weight is 562 g/mol. The molecule has 3 aromatic rings. The zero-order valence-electron chi connectivity index (χ0n) is 23.3. The highest BCUT2D eigenvalue weighted by atomic mass is 32.2. The number of likely N-dealkylation sites (tertiary alicyclic amines) is 1. The topological polar surface area (TPSA) is 82.1 Å². The Balaban J connectivity index is 1.50. The molecule has 0 aliphatic carbocycles. The molecule has 8 heteroatoms. The number of carbonyl (C=O) groups excluding carboxylic acids is 3. The minimum atomic E-state index is -1.12. The number of rotatable bonds is 10. The van der Waals surface area contributed by atoms with Crippen LogP contribution in [0.15, 0.2) is 83.8 Å². The molecule has 0 N–H and O–H groups in total. The summed E-state index contributed by atoms with van der Waals surface area (Å²) in [5, 5.41) is 0. The van der Waals surface area contributed by atoms with Crippen LogP contribution in [0.4, 0.5) is 4.79 Å². The van der Waals surface area contributed by atoms with E-state index in [-0.39, 0.29) is 30.8 Å². The molecule has 4 rings (SSSR count). The molecule has 1 saturated heterocycles. The molecule has 1 fully saturated rings. The lowest BCUT2D eigenvalue weighted by Crippen LogP contribution is -2.39. The molecule has 1 amide bonds. The maximum atomic E-state index is 13.7. The molecule has 0 aromatic heterocycles. The Bertz CT molecular complexity index is 1310. The van der Waals surface area contributed by atoms with Gasteiger partial charge in [-0.2, -0.15) is 0 Å². The summed E-state index contributed by atoms with van der Waals surface area (Å²) in [6.07, 6.45) is 2.12. The number of benzene rings is 3. The molecule has 1 aliphatic rings. The number of Topliss-reactive ketones (excluding diaryl/α,β-unsaturated/α-hetero) is 1. The largest absolute Gasteiger partial charge is 0.476 e. The lowest BCUT2D eigenvalue weighted by molar-refractivity contribution is -0.158. The van der Waals surface area contributed by atoms with Crippen LogP contribution in [0.2, 0.25) is 0 Å². The molecule has 1 aliphatic heterocycles. The molecule has 40 heavy (non-hydrogen) atoms. The summed E-state index contributed by atoms with van der Waals surface area (Å²) in [4.78, 5) is 41.6. The SMILES string of the molecule is CCOC(=O)C(C)(C)Oc1ccc(CC2CN(C(=O)Oc3ccccc3)CC2C(=O)c2ccc(SC)cc2)cc1. The summed E-state index contributed by atoms with van der Waals surface area (Å²) in [7, 11) is 0. The Hall–Kier alpha value is -3.78. The molecule has 0 saturated carbocycles. The van der Waals surface area contributed by atoms with Crippen molar-refractivity contribution in [2.75, 3.05) is 26.0 Å². The third-order valence-corrected chi connectivity index (χ3v) is 7.66. The van der Waals surface area contributed by atoms with Gasteiger partial charge in [-0.15, -0.1) is 11.8 Å². The average Bonchev–Trinajstić information content (AvgIpc) is 3.38. The maximum absolute atomic E-state index is 13.7. The fraction of sp³-hybridized carbons (Fsp3) is 0.344. The van der Waals surface area contributed by atoms with E-state index >= 15 is 0 Å². The molecule has 0 bridgehead atoms. The molecule has 2 unspecified atom stereocenters. The van der Waals surface area contributed by atoms with Gasteiger partial charge in [0.25, 0.3) is 0 Å². The van der Waals surface area contributed by atoms with Crippen molar-refractivity contribution >= 4 is 29.6 Å². The number of amides is 1. The fourth-order valence-corrected chi connectivity index (χ4v) is 5.19. The van der Waals surface area contributed by atoms with Gasteiger partial charge in [0.05, 0.1) is 6.61 Å². The highest BCUT2D eigenvalue weighted by Gasteiger charge is 2.40. The van der Waals surface area contributed by atoms with Gasteiger partial charge in [-0.3, -0.25) is 4.79 Å². The first-order valence-corrected chi connectivity index (χ1v) is 14.6. The highest BCUT2D eigenvalue weighted by molar-refractivity contribution is 7.98. The van der Waals surface area contributed by atoms with E-state index in [2.05, 4.69) is 0 Å². The summed E-state index contributed by atoms with van der Waals surface area (Å²) in [5.74, 6) is 0.125. The van der Waals surface area contributed by atoms with Crippen molar-refractivity contribution in [3.05, 3.63) is 90.0 Å². The summed E-state index contributed by atoms with van der Waals surface area (Å²) >= 11 is 1.62. The molecule has 210 valence electrons. The molecule has 0 spiro atoms. The zero-order chi connectivity index (χ0) is 28.7. The number of hydrogen-bond acceptors (Lipinski definition) is 7. The van der Waals surface area contributed by atoms with Crippen molar-refractivity contribution in [3.63, 3.8) is 0 Å². The first-order chi connectivity index (χ1) is 19.2. The Morgan fingerprint density at radius 2 is 1.57 bits per heavy atom. The van der Waals surface area contributed by atoms with Crippen LogP contribution in [0, 0.1) is 11.8 Å². The van der Waals surface area contributed by atoms with Gasteiger partial charge in [-0.1, -0.05) is 42.5 Å². The Morgan fingerprint density at radius 3 is 2.20 bits per heavy atom. The van der Waals surface area contributed by atoms with Gasteiger partial charge in [-0.25, -0.2) is 9.59 Å². The quantitative estimate of drug-likeness (QED) is 0.163. The summed E-state index contributed by atoms with van der Waals surface area (Å²) < 4.78 is 16.6. The summed E-state index contributed by atoms with van der Waals surface area (Å²) in [5.41, 5.74) is 0.516. The van der Waals surface area contributed by atoms with Gasteiger partial charge in [0.2, 0.25) is 0 Å². The smallest absolute Gasteiger partial charge is 0.415 e. The number of carbonyl (C=O) groups is 3. The Labute approximate surface area is 239 Å². The van der Waals surface area contributed by atoms with Crippen LogP contribution in [-0.4, -0.2) is 54.3 Å². The van der Waals surface area contributed by atoms with Crippen LogP contribution in [0.3, 0.4) is 0 Å². The lowest BCUT2D eigenvalue weighted by atomic mass is 9.84. The van der Waals surface area contributed by atoms with Crippen molar-refractivity contribution in [2.24, 2.45) is 11.8 Å². The van der Waals surface area contributed by atoms with Crippen LogP contribution in [0.25, 0.3) is 0 Å². The fourth-order valence-electron chi connectivity index (χ4n) is 4.79. The number of ether oxygens (including phenoxy) is 3. The summed E-state index contributed by atoms with van der Waals surface area (Å²) in [6, 6.07) is 24.0. The van der Waals surface area contributed by atoms with Gasteiger partial charge >= 0.3 is 12.1 Å². The standard InChI is InChI=1S/C32H35NO6S/c1-5-37-30(35)32(2,3)39-26-15-11-22(12-16-26)19-24-20-33(31(36)38-25-9-7-6-8-10-25)21-28(24)29(34)23-13-17-27(40-4)18-14-23/h6-18,24,28H,5,19-21H2,1-4H3. The van der Waals surface area contributed by atoms with E-state index in [9.17, 15) is 14.4 Å². The van der Waals surface area contributed by atoms with Gasteiger partial charge < -0.3 is 19.1 Å². The third-order valence-electron chi connectivity index (χ3n) is 6.92. The van der Waals surface area contributed by atoms with E-state index in [1.807, 2.05) is 60.9 Å². The van der Waals surface area contributed by atoms with Gasteiger partial charge in [0, 0.05) is 29.5 Å². The second-order valence-electron chi connectivity index (χ2n) is 10.2. The number of nitrogens with zero attached hydrogens (tertiary/aromatic N) is 1. The molecule has 0 radical (unpaired) electrons. The Kier molecular flexibility index (Phi) is 9.53. The number of para-hydroxylation sites is 1. The molecular weight excluding hydrogens is 526 g/mol. The van der Waals surface area contributed by atoms with E-state index in [0.29, 0.717) is 30.0 Å². The normalized spacial score (nSPS) is 16.9. The predicted molar refractivity (Wildman–Crippen MR) is 155 cm³/mol. The predicted octanol–water partition coefficient (Wildman–Crippen LogP) is 6.30. The van der Waals surface area contributed by atoms with Crippen LogP contribution in [-0.2, 0) is 16.0 Å². The van der Waals surface area contributed by atoms with Crippen LogP contribution < -0.4 is 9.47 Å². The number of esters is 1. The number of thioether (sulfide) groups is 1. The number of hydrogen-bond donors (Lipinski definition) is 0. The van der Waals surface area contributed by atoms with Crippen molar-refractivity contribution in [1.29, 1.82) is 0 Å². The van der Waals surface area contributed by atoms with Gasteiger partial charge in [-0.05, 0) is 81.3 Å². The van der Waals surface area contributed by atoms with Crippen molar-refractivity contribution in [2.45, 2.75) is 37.7 Å². The molecular formula is C32H35NO6S. The van der Waals surface area contributed by atoms with E-state index in [1.165, 1.54) is 0 Å². The number of ketones is 1. The van der Waals surface area contributed by atoms with Gasteiger partial charge in [0.1, 0.15) is 11.5 Å². The van der Waals surface area contributed by atoms with E-state index in [4.69, 9.17) is 14.2 Å². The Morgan fingerprint density at radius 1 is 0.900 bits per heavy atom. The first kappa shape index (κ1) is 29.2. The minimum Gasteiger partial charge on any atom is -0.476 e. The van der Waals surface area contributed by atoms with Crippen LogP contribution >= 0.6 is 11.8 Å². The van der Waals surface area contributed by atoms with Crippen molar-refractivity contribution in [1.82, 2.24) is 4.90 Å². The lowest BCUT2D eigenvalue weighted by Gasteiger charge is -2.24. The van der Waals surface area contributed by atoms with Crippen LogP contribution in [0.1, 0.15) is 36.7 Å². The first-order valence-electron chi connectivity index (χ1n) is 13.4. The molecule has 1 heterocycles. The molecule has 2 atom stereocenters. The molecule has 3 aromatic carbocycles. The van der Waals surface area contributed by atoms with E-state index < -0.39 is 17.7 Å². The van der Waals surface area contributed by atoms with E-state index in [1.54, 1.807) is 61.7 Å². The van der Waals surface area contributed by atoms with Crippen molar-refractivity contribution < 1.29 is 28.6 Å². The second kappa shape index (κ2) is 13.0. The maximum Gasteiger partial charge on any atom is 0.415 e. The van der Waals surface area contributed by atoms with E-state index in [0.717, 1.165) is 10.5 Å². The van der Waals surface area contributed by atoms with Gasteiger partial charge in [0.15, 0.2) is 11.4 Å². The second-order valence-corrected chi connectivity index (χ2v) is 11.1. The monoisotopic (exact) mass is 561 g/mol. The zero-order valence-corrected chi connectivity index (χ0v) is 24.1. The summed E-state index contributed by atoms with van der Waals surface area (Å²) in [6.45, 7) is 6.06. The van der Waals surface area contributed by atoms with Crippen LogP contribution in [0.5, 0.6) is 11.5 Å².